The van der Waals surface area contributed by atoms with Crippen molar-refractivity contribution >= 4 is 29.9 Å². The Bertz CT molecular complexity index is 357. The lowest BCUT2D eigenvalue weighted by Gasteiger charge is -2.22. The lowest BCUT2D eigenvalue weighted by molar-refractivity contribution is 0.157. The molecular formula is C16H30IN3O. The first-order chi connectivity index (χ1) is 9.83. The molecule has 21 heavy (non-hydrogen) atoms. The van der Waals surface area contributed by atoms with E-state index >= 15 is 0 Å². The van der Waals surface area contributed by atoms with Crippen LogP contribution in [0.3, 0.4) is 0 Å². The number of hydrogen-bond donors (Lipinski definition) is 1. The number of nitrogens with zero attached hydrogens (tertiary/aromatic N) is 2. The fourth-order valence-electron chi connectivity index (χ4n) is 3.20. The van der Waals surface area contributed by atoms with E-state index in [1.165, 1.54) is 32.1 Å². The number of likely N-dealkylation sites (tertiary alicyclic amines) is 1. The zero-order valence-corrected chi connectivity index (χ0v) is 15.8. The highest BCUT2D eigenvalue weighted by Gasteiger charge is 2.24. The monoisotopic (exact) mass is 407 g/mol. The summed E-state index contributed by atoms with van der Waals surface area (Å²) in [7, 11) is 3.67. The van der Waals surface area contributed by atoms with Gasteiger partial charge in [-0.2, -0.15) is 0 Å². The quantitative estimate of drug-likeness (QED) is 0.330. The highest BCUT2D eigenvalue weighted by Crippen LogP contribution is 2.20. The van der Waals surface area contributed by atoms with Crippen molar-refractivity contribution in [3.63, 3.8) is 0 Å². The number of hydrogen-bond acceptors (Lipinski definition) is 2. The number of nitrogens with one attached hydrogen (secondary N) is 1. The van der Waals surface area contributed by atoms with Crippen LogP contribution in [0.5, 0.6) is 0 Å². The molecule has 0 aromatic heterocycles. The van der Waals surface area contributed by atoms with E-state index in [0.29, 0.717) is 5.92 Å². The first-order valence-electron chi connectivity index (χ1n) is 7.96. The van der Waals surface area contributed by atoms with Gasteiger partial charge in [0, 0.05) is 39.7 Å². The maximum Gasteiger partial charge on any atom is 0.193 e. The number of halogens is 1. The molecule has 1 unspecified atom stereocenters. The van der Waals surface area contributed by atoms with Crippen LogP contribution in [-0.2, 0) is 4.74 Å². The van der Waals surface area contributed by atoms with Crippen molar-refractivity contribution in [1.82, 2.24) is 10.2 Å². The third-order valence-corrected chi connectivity index (χ3v) is 4.31. The first kappa shape index (κ1) is 18.7. The van der Waals surface area contributed by atoms with Gasteiger partial charge < -0.3 is 15.0 Å². The van der Waals surface area contributed by atoms with Crippen LogP contribution in [0.25, 0.3) is 0 Å². The molecule has 122 valence electrons. The lowest BCUT2D eigenvalue weighted by Crippen LogP contribution is -2.40. The Labute approximate surface area is 146 Å². The van der Waals surface area contributed by atoms with E-state index in [1.807, 2.05) is 7.05 Å². The van der Waals surface area contributed by atoms with Crippen molar-refractivity contribution in [2.24, 2.45) is 10.9 Å². The van der Waals surface area contributed by atoms with Crippen molar-refractivity contribution in [2.45, 2.75) is 38.5 Å². The van der Waals surface area contributed by atoms with Crippen LogP contribution in [0.4, 0.5) is 0 Å². The first-order valence-corrected chi connectivity index (χ1v) is 7.96. The molecule has 1 fully saturated rings. The standard InChI is InChI=1S/C16H29N3O.HI/c1-17-16(19-11-9-15(12-19)13-20-2)18-10-8-14-6-4-3-5-7-14;/h6,15H,3-5,7-13H2,1-2H3,(H,17,18);1H. The minimum absolute atomic E-state index is 0. The number of aliphatic imine (C=N–C) groups is 1. The minimum atomic E-state index is 0. The third kappa shape index (κ3) is 6.14. The zero-order valence-electron chi connectivity index (χ0n) is 13.4. The highest BCUT2D eigenvalue weighted by molar-refractivity contribution is 14.0. The predicted octanol–water partition coefficient (Wildman–Crippen LogP) is 3.04. The van der Waals surface area contributed by atoms with Crippen molar-refractivity contribution in [2.75, 3.05) is 40.4 Å². The molecule has 0 radical (unpaired) electrons. The zero-order chi connectivity index (χ0) is 14.2. The van der Waals surface area contributed by atoms with E-state index in [2.05, 4.69) is 21.3 Å². The maximum atomic E-state index is 5.25. The van der Waals surface area contributed by atoms with Crippen LogP contribution in [0.15, 0.2) is 16.6 Å². The largest absolute Gasteiger partial charge is 0.384 e. The molecule has 1 aliphatic carbocycles. The molecule has 0 bridgehead atoms. The van der Waals surface area contributed by atoms with Gasteiger partial charge in [0.2, 0.25) is 0 Å². The Kier molecular flexibility index (Phi) is 9.31. The number of guanidine groups is 1. The molecule has 0 aromatic rings. The molecule has 0 saturated carbocycles. The lowest BCUT2D eigenvalue weighted by atomic mass is 9.97. The van der Waals surface area contributed by atoms with Crippen LogP contribution in [0.1, 0.15) is 38.5 Å². The fourth-order valence-corrected chi connectivity index (χ4v) is 3.20. The van der Waals surface area contributed by atoms with Gasteiger partial charge in [-0.25, -0.2) is 0 Å². The topological polar surface area (TPSA) is 36.9 Å². The Balaban J connectivity index is 0.00000220. The molecule has 2 aliphatic rings. The van der Waals surface area contributed by atoms with Crippen LogP contribution >= 0.6 is 24.0 Å². The Morgan fingerprint density at radius 3 is 3.00 bits per heavy atom. The fraction of sp³-hybridized carbons (Fsp3) is 0.812. The summed E-state index contributed by atoms with van der Waals surface area (Å²) in [5.74, 6) is 1.71. The van der Waals surface area contributed by atoms with Crippen LogP contribution < -0.4 is 5.32 Å². The summed E-state index contributed by atoms with van der Waals surface area (Å²) >= 11 is 0. The average molecular weight is 407 g/mol. The van der Waals surface area contributed by atoms with Gasteiger partial charge in [-0.3, -0.25) is 4.99 Å². The number of rotatable bonds is 5. The van der Waals surface area contributed by atoms with E-state index in [0.717, 1.165) is 38.6 Å². The molecule has 1 heterocycles. The second kappa shape index (κ2) is 10.4. The van der Waals surface area contributed by atoms with E-state index < -0.39 is 0 Å². The van der Waals surface area contributed by atoms with Crippen molar-refractivity contribution < 1.29 is 4.74 Å². The summed E-state index contributed by atoms with van der Waals surface area (Å²) in [5.41, 5.74) is 1.62. The predicted molar refractivity (Wildman–Crippen MR) is 99.5 cm³/mol. The molecule has 0 aromatic carbocycles. The highest BCUT2D eigenvalue weighted by atomic mass is 127. The van der Waals surface area contributed by atoms with Crippen molar-refractivity contribution in [3.05, 3.63) is 11.6 Å². The molecule has 1 N–H and O–H groups in total. The van der Waals surface area contributed by atoms with Gasteiger partial charge in [0.05, 0.1) is 6.61 Å². The van der Waals surface area contributed by atoms with E-state index in [-0.39, 0.29) is 24.0 Å². The van der Waals surface area contributed by atoms with E-state index in [1.54, 1.807) is 12.7 Å². The van der Waals surface area contributed by atoms with Gasteiger partial charge in [0.15, 0.2) is 5.96 Å². The molecule has 5 heteroatoms. The second-order valence-corrected chi connectivity index (χ2v) is 5.89. The van der Waals surface area contributed by atoms with Crippen molar-refractivity contribution in [3.8, 4) is 0 Å². The summed E-state index contributed by atoms with van der Waals surface area (Å²) in [5, 5.41) is 3.52. The Hall–Kier alpha value is -0.300. The normalized spacial score (nSPS) is 22.8. The minimum Gasteiger partial charge on any atom is -0.384 e. The summed E-state index contributed by atoms with van der Waals surface area (Å²) in [4.78, 5) is 6.78. The van der Waals surface area contributed by atoms with Gasteiger partial charge in [-0.15, -0.1) is 24.0 Å². The third-order valence-electron chi connectivity index (χ3n) is 4.31. The molecule has 1 atom stereocenters. The van der Waals surface area contributed by atoms with Gasteiger partial charge >= 0.3 is 0 Å². The number of allylic oxidation sites excluding steroid dienone is 1. The van der Waals surface area contributed by atoms with Gasteiger partial charge in [0.1, 0.15) is 0 Å². The molecule has 4 nitrogen and oxygen atoms in total. The number of ether oxygens (including phenoxy) is 1. The molecule has 2 rings (SSSR count). The van der Waals surface area contributed by atoms with E-state index in [4.69, 9.17) is 4.74 Å². The van der Waals surface area contributed by atoms with E-state index in [9.17, 15) is 0 Å². The average Bonchev–Trinajstić information content (AvgIpc) is 2.94. The number of methoxy groups -OCH3 is 1. The van der Waals surface area contributed by atoms with Gasteiger partial charge in [-0.05, 0) is 38.5 Å². The molecule has 1 saturated heterocycles. The summed E-state index contributed by atoms with van der Waals surface area (Å²) in [6.45, 7) is 4.02. The van der Waals surface area contributed by atoms with Crippen LogP contribution in [-0.4, -0.2) is 51.3 Å². The molecule has 1 aliphatic heterocycles. The summed E-state index contributed by atoms with van der Waals surface area (Å²) < 4.78 is 5.25. The van der Waals surface area contributed by atoms with Crippen molar-refractivity contribution in [1.29, 1.82) is 0 Å². The summed E-state index contributed by atoms with van der Waals surface area (Å²) in [6.07, 6.45) is 10.1. The maximum absolute atomic E-state index is 5.25. The Morgan fingerprint density at radius 2 is 2.33 bits per heavy atom. The van der Waals surface area contributed by atoms with Crippen LogP contribution in [0.2, 0.25) is 0 Å². The van der Waals surface area contributed by atoms with Gasteiger partial charge in [-0.1, -0.05) is 11.6 Å². The Morgan fingerprint density at radius 1 is 1.48 bits per heavy atom. The van der Waals surface area contributed by atoms with Gasteiger partial charge in [0.25, 0.3) is 0 Å². The molecule has 0 spiro atoms. The molecule has 0 amide bonds. The second-order valence-electron chi connectivity index (χ2n) is 5.89. The molecular weight excluding hydrogens is 377 g/mol. The summed E-state index contributed by atoms with van der Waals surface area (Å²) in [6, 6.07) is 0. The SMILES string of the molecule is CN=C(NCCC1=CCCCC1)N1CCC(COC)C1.I. The smallest absolute Gasteiger partial charge is 0.193 e. The van der Waals surface area contributed by atoms with Crippen LogP contribution in [0, 0.1) is 5.92 Å².